The molecule has 49 heavy (non-hydrogen) atoms. The number of aliphatic hydroxyl groups is 2. The van der Waals surface area contributed by atoms with E-state index in [0.717, 1.165) is 11.1 Å². The Morgan fingerprint density at radius 2 is 1.41 bits per heavy atom. The van der Waals surface area contributed by atoms with E-state index >= 15 is 0 Å². The molecule has 1 aliphatic rings. The number of imide groups is 1. The predicted molar refractivity (Wildman–Crippen MR) is 181 cm³/mol. The van der Waals surface area contributed by atoms with E-state index in [4.69, 9.17) is 21.1 Å². The molecule has 1 saturated carbocycles. The number of fused-ring (bicyclic) bond motifs is 1. The minimum absolute atomic E-state index is 0.0829. The molecule has 5 rings (SSSR count). The molecule has 2 aromatic heterocycles. The first kappa shape index (κ1) is 35.6. The third-order valence-corrected chi connectivity index (χ3v) is 8.12. The molecule has 1 fully saturated rings. The van der Waals surface area contributed by atoms with Crippen LogP contribution in [-0.2, 0) is 9.47 Å². The van der Waals surface area contributed by atoms with Gasteiger partial charge in [-0.15, -0.1) is 0 Å². The van der Waals surface area contributed by atoms with Gasteiger partial charge in [-0.3, -0.25) is 0 Å². The Morgan fingerprint density at radius 1 is 0.898 bits per heavy atom. The van der Waals surface area contributed by atoms with Crippen LogP contribution in [0.4, 0.5) is 15.4 Å². The van der Waals surface area contributed by atoms with E-state index in [9.17, 15) is 30.0 Å². The molecule has 2 heterocycles. The smallest absolute Gasteiger partial charge is 0.420 e. The Balaban J connectivity index is 1.45. The number of nitrogens with one attached hydrogen (secondary N) is 1. The van der Waals surface area contributed by atoms with Gasteiger partial charge in [0.25, 0.3) is 0 Å². The first-order valence-corrected chi connectivity index (χ1v) is 16.1. The zero-order valence-electron chi connectivity index (χ0n) is 28.0. The highest BCUT2D eigenvalue weighted by atomic mass is 35.5. The zero-order valence-corrected chi connectivity index (χ0v) is 28.8. The molecule has 2 aromatic carbocycles. The van der Waals surface area contributed by atoms with Gasteiger partial charge in [-0.05, 0) is 95.0 Å². The Labute approximate surface area is 288 Å². The molecular formula is C34H41ClN6O8. The third-order valence-electron chi connectivity index (χ3n) is 7.95. The summed E-state index contributed by atoms with van der Waals surface area (Å²) in [6.07, 6.45) is -3.72. The van der Waals surface area contributed by atoms with Crippen LogP contribution >= 0.6 is 11.6 Å². The van der Waals surface area contributed by atoms with Crippen molar-refractivity contribution in [3.05, 3.63) is 71.3 Å². The van der Waals surface area contributed by atoms with Crippen LogP contribution < -0.4 is 5.32 Å². The first-order chi connectivity index (χ1) is 22.9. The number of aliphatic hydroxyl groups excluding tert-OH is 2. The molecular weight excluding hydrogens is 656 g/mol. The number of carbonyl (C=O) groups is 2. The van der Waals surface area contributed by atoms with Crippen molar-refractivity contribution in [2.45, 2.75) is 89.4 Å². The van der Waals surface area contributed by atoms with Gasteiger partial charge < -0.3 is 39.8 Å². The second-order valence-electron chi connectivity index (χ2n) is 14.0. The van der Waals surface area contributed by atoms with E-state index in [2.05, 4.69) is 20.3 Å². The second kappa shape index (κ2) is 13.7. The van der Waals surface area contributed by atoms with Crippen molar-refractivity contribution in [2.75, 3.05) is 11.9 Å². The number of phenolic OH excluding ortho intramolecular Hbond substituents is 2. The molecule has 0 radical (unpaired) electrons. The molecule has 4 atom stereocenters. The van der Waals surface area contributed by atoms with E-state index in [-0.39, 0.29) is 34.8 Å². The standard InChI is InChI=1S/C34H41ClN6O8/c1-33(2,3)48-31(46)41(32(47)49-34(4,5)6)24-15-23(26(44)27(24)45)40-17-37-25-28(38-30(35)39-29(25)40)36-16-22(18-7-11-20(42)12-8-18)19-9-13-21(43)14-10-19/h7-14,17,22-24,26-27,42-45H,15-16H2,1-6H3,(H,36,38,39)/t23-,24+,26+,27-/m1/s1. The first-order valence-electron chi connectivity index (χ1n) is 15.7. The summed E-state index contributed by atoms with van der Waals surface area (Å²) in [5.74, 6) is 0.298. The maximum atomic E-state index is 13.3. The van der Waals surface area contributed by atoms with Crippen molar-refractivity contribution in [3.63, 3.8) is 0 Å². The van der Waals surface area contributed by atoms with Crippen LogP contribution in [0.1, 0.15) is 71.0 Å². The number of aromatic nitrogens is 4. The van der Waals surface area contributed by atoms with Gasteiger partial charge in [0.1, 0.15) is 34.9 Å². The van der Waals surface area contributed by atoms with Crippen LogP contribution in [0.3, 0.4) is 0 Å². The SMILES string of the molecule is CC(C)(C)OC(=O)N(C(=O)OC(C)(C)C)[C@H]1C[C@@H](n2cnc3c(NCC(c4ccc(O)cc4)c4ccc(O)cc4)nc(Cl)nc32)[C@H](O)[C@@H]1O. The van der Waals surface area contributed by atoms with Crippen LogP contribution in [-0.4, -0.2) is 93.0 Å². The lowest BCUT2D eigenvalue weighted by atomic mass is 9.91. The summed E-state index contributed by atoms with van der Waals surface area (Å²) in [5.41, 5.74) is 0.408. The van der Waals surface area contributed by atoms with Crippen molar-refractivity contribution >= 4 is 40.8 Å². The molecule has 0 unspecified atom stereocenters. The predicted octanol–water partition coefficient (Wildman–Crippen LogP) is 5.34. The van der Waals surface area contributed by atoms with Crippen LogP contribution in [0.15, 0.2) is 54.9 Å². The zero-order chi connectivity index (χ0) is 35.8. The van der Waals surface area contributed by atoms with E-state index in [0.29, 0.717) is 22.8 Å². The highest BCUT2D eigenvalue weighted by molar-refractivity contribution is 6.28. The summed E-state index contributed by atoms with van der Waals surface area (Å²) in [4.78, 5) is 40.6. The molecule has 0 spiro atoms. The Kier molecular flexibility index (Phi) is 9.96. The van der Waals surface area contributed by atoms with Gasteiger partial charge in [0, 0.05) is 12.5 Å². The van der Waals surface area contributed by atoms with Crippen molar-refractivity contribution in [1.82, 2.24) is 24.4 Å². The number of hydrogen-bond donors (Lipinski definition) is 5. The summed E-state index contributed by atoms with van der Waals surface area (Å²) >= 11 is 6.39. The number of aromatic hydroxyl groups is 2. The lowest BCUT2D eigenvalue weighted by Gasteiger charge is -2.33. The van der Waals surface area contributed by atoms with Gasteiger partial charge in [0.15, 0.2) is 17.0 Å². The number of hydrogen-bond acceptors (Lipinski definition) is 12. The molecule has 4 aromatic rings. The highest BCUT2D eigenvalue weighted by Gasteiger charge is 2.51. The highest BCUT2D eigenvalue weighted by Crippen LogP contribution is 2.38. The Bertz CT molecular complexity index is 1730. The number of rotatable bonds is 7. The van der Waals surface area contributed by atoms with Crippen LogP contribution in [0.2, 0.25) is 5.28 Å². The molecule has 15 heteroatoms. The number of ether oxygens (including phenoxy) is 2. The maximum absolute atomic E-state index is 13.3. The summed E-state index contributed by atoms with van der Waals surface area (Å²) in [7, 11) is 0. The molecule has 2 amide bonds. The number of benzene rings is 2. The Hall–Kier alpha value is -4.66. The van der Waals surface area contributed by atoms with Crippen LogP contribution in [0, 0.1) is 0 Å². The number of carbonyl (C=O) groups excluding carboxylic acids is 2. The summed E-state index contributed by atoms with van der Waals surface area (Å²) < 4.78 is 12.5. The monoisotopic (exact) mass is 696 g/mol. The minimum Gasteiger partial charge on any atom is -0.508 e. The van der Waals surface area contributed by atoms with Crippen molar-refractivity contribution in [2.24, 2.45) is 0 Å². The quantitative estimate of drug-likeness (QED) is 0.156. The third kappa shape index (κ3) is 8.15. The van der Waals surface area contributed by atoms with Gasteiger partial charge >= 0.3 is 12.2 Å². The van der Waals surface area contributed by atoms with Gasteiger partial charge in [-0.25, -0.2) is 19.5 Å². The largest absolute Gasteiger partial charge is 0.508 e. The molecule has 0 bridgehead atoms. The topological polar surface area (TPSA) is 192 Å². The molecule has 14 nitrogen and oxygen atoms in total. The number of halogens is 1. The van der Waals surface area contributed by atoms with Crippen molar-refractivity contribution < 1.29 is 39.5 Å². The Morgan fingerprint density at radius 3 is 1.90 bits per heavy atom. The van der Waals surface area contributed by atoms with Gasteiger partial charge in [-0.1, -0.05) is 24.3 Å². The van der Waals surface area contributed by atoms with Gasteiger partial charge in [0.2, 0.25) is 5.28 Å². The van der Waals surface area contributed by atoms with Crippen LogP contribution in [0.5, 0.6) is 11.5 Å². The average Bonchev–Trinajstić information content (AvgIpc) is 3.53. The molecule has 0 saturated heterocycles. The second-order valence-corrected chi connectivity index (χ2v) is 14.3. The normalized spacial score (nSPS) is 19.6. The number of nitrogens with zero attached hydrogens (tertiary/aromatic N) is 5. The molecule has 5 N–H and O–H groups in total. The maximum Gasteiger partial charge on any atom is 0.420 e. The van der Waals surface area contributed by atoms with Crippen molar-refractivity contribution in [1.29, 1.82) is 0 Å². The molecule has 0 aliphatic heterocycles. The summed E-state index contributed by atoms with van der Waals surface area (Å²) in [6.45, 7) is 10.2. The fraction of sp³-hybridized carbons (Fsp3) is 0.441. The molecule has 1 aliphatic carbocycles. The minimum atomic E-state index is -1.56. The molecule has 262 valence electrons. The van der Waals surface area contributed by atoms with E-state index in [1.54, 1.807) is 90.1 Å². The van der Waals surface area contributed by atoms with Crippen LogP contribution in [0.25, 0.3) is 11.2 Å². The fourth-order valence-electron chi connectivity index (χ4n) is 5.78. The number of phenols is 2. The average molecular weight is 697 g/mol. The van der Waals surface area contributed by atoms with Gasteiger partial charge in [-0.2, -0.15) is 9.97 Å². The number of imidazole rings is 1. The lowest BCUT2D eigenvalue weighted by molar-refractivity contribution is -0.0349. The number of anilines is 1. The van der Waals surface area contributed by atoms with Crippen molar-refractivity contribution in [3.8, 4) is 11.5 Å². The fourth-order valence-corrected chi connectivity index (χ4v) is 5.95. The number of amides is 2. The van der Waals surface area contributed by atoms with Gasteiger partial charge in [0.05, 0.1) is 18.4 Å². The van der Waals surface area contributed by atoms with E-state index in [1.165, 1.54) is 10.9 Å². The summed E-state index contributed by atoms with van der Waals surface area (Å²) in [5, 5.41) is 45.4. The lowest BCUT2D eigenvalue weighted by Crippen LogP contribution is -2.52. The van der Waals surface area contributed by atoms with E-state index < -0.39 is 47.7 Å². The summed E-state index contributed by atoms with van der Waals surface area (Å²) in [6, 6.07) is 11.4. The van der Waals surface area contributed by atoms with E-state index in [1.807, 2.05) is 0 Å².